The number of rotatable bonds is 4. The molecule has 3 rings (SSSR count). The summed E-state index contributed by atoms with van der Waals surface area (Å²) < 4.78 is 1.90. The van der Waals surface area contributed by atoms with Gasteiger partial charge in [-0.2, -0.15) is 0 Å². The lowest BCUT2D eigenvalue weighted by molar-refractivity contribution is -0.132. The largest absolute Gasteiger partial charge is 0.344 e. The molecule has 0 aromatic carbocycles. The highest BCUT2D eigenvalue weighted by atomic mass is 32.1. The monoisotopic (exact) mass is 361 g/mol. The quantitative estimate of drug-likeness (QED) is 0.905. The summed E-state index contributed by atoms with van der Waals surface area (Å²) in [6.45, 7) is 4.65. The number of aryl methyl sites for hydroxylation is 1. The highest BCUT2D eigenvalue weighted by Gasteiger charge is 2.28. The van der Waals surface area contributed by atoms with Gasteiger partial charge in [-0.15, -0.1) is 10.2 Å². The zero-order valence-corrected chi connectivity index (χ0v) is 15.6. The summed E-state index contributed by atoms with van der Waals surface area (Å²) in [5, 5.41) is 12.5. The Kier molecular flexibility index (Phi) is 5.17. The van der Waals surface area contributed by atoms with Gasteiger partial charge >= 0.3 is 0 Å². The number of aromatic nitrogens is 3. The van der Waals surface area contributed by atoms with Crippen LogP contribution in [0.5, 0.6) is 0 Å². The molecule has 8 heteroatoms. The molecule has 0 bridgehead atoms. The van der Waals surface area contributed by atoms with Gasteiger partial charge in [0.05, 0.1) is 12.6 Å². The van der Waals surface area contributed by atoms with Crippen LogP contribution in [-0.4, -0.2) is 38.0 Å². The first-order valence-electron chi connectivity index (χ1n) is 8.47. The van der Waals surface area contributed by atoms with E-state index in [1.54, 1.807) is 6.92 Å². The molecule has 0 spiro atoms. The fourth-order valence-corrected chi connectivity index (χ4v) is 4.01. The van der Waals surface area contributed by atoms with Crippen molar-refractivity contribution in [3.63, 3.8) is 0 Å². The first-order chi connectivity index (χ1) is 12.0. The van der Waals surface area contributed by atoms with Crippen molar-refractivity contribution < 1.29 is 9.59 Å². The Morgan fingerprint density at radius 3 is 2.80 bits per heavy atom. The van der Waals surface area contributed by atoms with Gasteiger partial charge in [0.1, 0.15) is 15.7 Å². The maximum atomic E-state index is 12.5. The van der Waals surface area contributed by atoms with Crippen LogP contribution in [0.3, 0.4) is 0 Å². The van der Waals surface area contributed by atoms with Gasteiger partial charge in [0.15, 0.2) is 0 Å². The van der Waals surface area contributed by atoms with Gasteiger partial charge in [-0.3, -0.25) is 9.59 Å². The lowest BCUT2D eigenvalue weighted by Crippen LogP contribution is -2.38. The van der Waals surface area contributed by atoms with E-state index < -0.39 is 0 Å². The van der Waals surface area contributed by atoms with E-state index in [0.29, 0.717) is 12.2 Å². The van der Waals surface area contributed by atoms with Gasteiger partial charge in [-0.25, -0.2) is 0 Å². The number of hydrogen-bond acceptors (Lipinski definition) is 5. The zero-order chi connectivity index (χ0) is 18.0. The van der Waals surface area contributed by atoms with Crippen molar-refractivity contribution >= 4 is 23.2 Å². The van der Waals surface area contributed by atoms with Crippen LogP contribution >= 0.6 is 11.3 Å². The minimum absolute atomic E-state index is 0.0450. The molecule has 1 aliphatic heterocycles. The minimum Gasteiger partial charge on any atom is -0.344 e. The van der Waals surface area contributed by atoms with Crippen molar-refractivity contribution in [2.75, 3.05) is 6.54 Å². The van der Waals surface area contributed by atoms with E-state index in [1.807, 2.05) is 35.6 Å². The van der Waals surface area contributed by atoms with E-state index in [4.69, 9.17) is 0 Å². The molecule has 2 aromatic rings. The Morgan fingerprint density at radius 1 is 1.32 bits per heavy atom. The second-order valence-electron chi connectivity index (χ2n) is 6.32. The zero-order valence-electron chi connectivity index (χ0n) is 14.8. The molecule has 0 radical (unpaired) electrons. The fourth-order valence-electron chi connectivity index (χ4n) is 3.36. The van der Waals surface area contributed by atoms with E-state index in [1.165, 1.54) is 11.3 Å². The summed E-state index contributed by atoms with van der Waals surface area (Å²) in [5.41, 5.74) is 1.59. The van der Waals surface area contributed by atoms with E-state index in [-0.39, 0.29) is 17.9 Å². The van der Waals surface area contributed by atoms with Crippen molar-refractivity contribution in [2.24, 2.45) is 7.05 Å². The molecule has 7 nitrogen and oxygen atoms in total. The van der Waals surface area contributed by atoms with Crippen LogP contribution in [0.15, 0.2) is 12.1 Å². The van der Waals surface area contributed by atoms with Gasteiger partial charge in [-0.05, 0) is 38.3 Å². The molecule has 0 saturated carbocycles. The lowest BCUT2D eigenvalue weighted by Gasteiger charge is -2.35. The average molecular weight is 361 g/mol. The predicted molar refractivity (Wildman–Crippen MR) is 95.2 cm³/mol. The molecule has 0 aliphatic carbocycles. The van der Waals surface area contributed by atoms with E-state index >= 15 is 0 Å². The first-order valence-corrected chi connectivity index (χ1v) is 9.29. The van der Waals surface area contributed by atoms with Crippen molar-refractivity contribution in [1.29, 1.82) is 0 Å². The van der Waals surface area contributed by atoms with Gasteiger partial charge in [0.2, 0.25) is 5.91 Å². The standard InChI is InChI=1S/C17H23N5O2S/c1-11-19-20-16(25-11)10-18-17(24)15-8-7-13(21(15)3)14-6-4-5-9-22(14)12(2)23/h7-8,14H,4-6,9-10H2,1-3H3,(H,18,24). The molecular formula is C17H23N5O2S. The van der Waals surface area contributed by atoms with Crippen molar-refractivity contribution in [3.05, 3.63) is 33.5 Å². The van der Waals surface area contributed by atoms with Crippen LogP contribution in [0, 0.1) is 6.92 Å². The molecule has 3 heterocycles. The SMILES string of the molecule is CC(=O)N1CCCCC1c1ccc(C(=O)NCc2nnc(C)s2)n1C. The summed E-state index contributed by atoms with van der Waals surface area (Å²) in [6.07, 6.45) is 3.06. The van der Waals surface area contributed by atoms with Crippen LogP contribution in [-0.2, 0) is 18.4 Å². The third-order valence-electron chi connectivity index (χ3n) is 4.61. The Labute approximate surface area is 151 Å². The minimum atomic E-state index is -0.146. The molecular weight excluding hydrogens is 338 g/mol. The number of likely N-dealkylation sites (tertiary alicyclic amines) is 1. The number of carbonyl (C=O) groups is 2. The van der Waals surface area contributed by atoms with Gasteiger partial charge < -0.3 is 14.8 Å². The van der Waals surface area contributed by atoms with Crippen LogP contribution in [0.2, 0.25) is 0 Å². The molecule has 1 aliphatic rings. The first kappa shape index (κ1) is 17.6. The molecule has 1 saturated heterocycles. The summed E-state index contributed by atoms with van der Waals surface area (Å²) in [6, 6.07) is 3.82. The van der Waals surface area contributed by atoms with Crippen LogP contribution in [0.4, 0.5) is 0 Å². The summed E-state index contributed by atoms with van der Waals surface area (Å²) >= 11 is 1.47. The van der Waals surface area contributed by atoms with Crippen molar-refractivity contribution in [1.82, 2.24) is 25.0 Å². The lowest BCUT2D eigenvalue weighted by atomic mass is 9.99. The Hall–Kier alpha value is -2.22. The number of amides is 2. The predicted octanol–water partition coefficient (Wildman–Crippen LogP) is 2.19. The van der Waals surface area contributed by atoms with E-state index in [0.717, 1.165) is 41.5 Å². The Balaban J connectivity index is 1.73. The highest BCUT2D eigenvalue weighted by Crippen LogP contribution is 2.31. The Morgan fingerprint density at radius 2 is 2.12 bits per heavy atom. The third kappa shape index (κ3) is 3.73. The van der Waals surface area contributed by atoms with Crippen LogP contribution < -0.4 is 5.32 Å². The highest BCUT2D eigenvalue weighted by molar-refractivity contribution is 7.11. The molecule has 1 unspecified atom stereocenters. The average Bonchev–Trinajstić information content (AvgIpc) is 3.18. The molecule has 1 N–H and O–H groups in total. The van der Waals surface area contributed by atoms with Gasteiger partial charge in [0, 0.05) is 26.2 Å². The molecule has 1 atom stereocenters. The van der Waals surface area contributed by atoms with Crippen molar-refractivity contribution in [3.8, 4) is 0 Å². The normalized spacial score (nSPS) is 17.6. The Bertz CT molecular complexity index is 782. The molecule has 1 fully saturated rings. The van der Waals surface area contributed by atoms with Gasteiger partial charge in [-0.1, -0.05) is 11.3 Å². The topological polar surface area (TPSA) is 80.1 Å². The van der Waals surface area contributed by atoms with Gasteiger partial charge in [0.25, 0.3) is 5.91 Å². The van der Waals surface area contributed by atoms with E-state index in [2.05, 4.69) is 15.5 Å². The summed E-state index contributed by atoms with van der Waals surface area (Å²) in [4.78, 5) is 26.3. The second kappa shape index (κ2) is 7.35. The smallest absolute Gasteiger partial charge is 0.268 e. The second-order valence-corrected chi connectivity index (χ2v) is 7.59. The van der Waals surface area contributed by atoms with Crippen LogP contribution in [0.1, 0.15) is 58.4 Å². The number of hydrogen-bond donors (Lipinski definition) is 1. The molecule has 134 valence electrons. The van der Waals surface area contributed by atoms with E-state index in [9.17, 15) is 9.59 Å². The van der Waals surface area contributed by atoms with Crippen LogP contribution in [0.25, 0.3) is 0 Å². The maximum Gasteiger partial charge on any atom is 0.268 e. The molecule has 2 aromatic heterocycles. The third-order valence-corrected chi connectivity index (χ3v) is 5.45. The number of piperidine rings is 1. The fraction of sp³-hybridized carbons (Fsp3) is 0.529. The van der Waals surface area contributed by atoms with Crippen molar-refractivity contribution in [2.45, 2.75) is 45.7 Å². The number of nitrogens with zero attached hydrogens (tertiary/aromatic N) is 4. The maximum absolute atomic E-state index is 12.5. The molecule has 2 amide bonds. The number of nitrogens with one attached hydrogen (secondary N) is 1. The number of carbonyl (C=O) groups excluding carboxylic acids is 2. The molecule has 25 heavy (non-hydrogen) atoms. The summed E-state index contributed by atoms with van der Waals surface area (Å²) in [5.74, 6) is -0.0599. The summed E-state index contributed by atoms with van der Waals surface area (Å²) in [7, 11) is 1.88.